The van der Waals surface area contributed by atoms with E-state index >= 15 is 0 Å². The maximum Gasteiger partial charge on any atom is 0.358 e. The minimum atomic E-state index is -1.97. The third-order valence-corrected chi connectivity index (χ3v) is 3.91. The molecule has 1 fully saturated rings. The number of halogens is 3. The van der Waals surface area contributed by atoms with Gasteiger partial charge in [0.25, 0.3) is 3.79 Å². The number of hydrogen-bond donors (Lipinski definition) is 0. The van der Waals surface area contributed by atoms with Gasteiger partial charge in [-0.15, -0.1) is 0 Å². The molecule has 2 nitrogen and oxygen atoms in total. The molecule has 3 atom stereocenters. The number of carbonyl (C=O) groups is 1. The average molecular weight is 302 g/mol. The zero-order valence-electron chi connectivity index (χ0n) is 10.4. The first kappa shape index (κ1) is 15.4. The summed E-state index contributed by atoms with van der Waals surface area (Å²) in [5.74, 6) is 0.628. The Morgan fingerprint density at radius 2 is 1.88 bits per heavy atom. The van der Waals surface area contributed by atoms with Crippen LogP contribution in [0.5, 0.6) is 0 Å². The normalized spacial score (nSPS) is 30.4. The summed E-state index contributed by atoms with van der Waals surface area (Å²) in [6.07, 6.45) is 2.97. The number of rotatable bonds is 2. The average Bonchev–Trinajstić information content (AvgIpc) is 2.15. The fourth-order valence-electron chi connectivity index (χ4n) is 2.45. The van der Waals surface area contributed by atoms with Crippen LogP contribution in [0.15, 0.2) is 0 Å². The molecule has 0 aromatic heterocycles. The minimum absolute atomic E-state index is 0.123. The molecule has 0 spiro atoms. The van der Waals surface area contributed by atoms with E-state index in [-0.39, 0.29) is 6.10 Å². The summed E-state index contributed by atoms with van der Waals surface area (Å²) in [5.41, 5.74) is 0. The Morgan fingerprint density at radius 1 is 1.29 bits per heavy atom. The predicted octanol–water partition coefficient (Wildman–Crippen LogP) is 4.36. The highest BCUT2D eigenvalue weighted by atomic mass is 35.6. The van der Waals surface area contributed by atoms with Gasteiger partial charge in [0.2, 0.25) is 0 Å². The second-order valence-electron chi connectivity index (χ2n) is 5.27. The molecular formula is C12H19Cl3O2. The Kier molecular flexibility index (Phi) is 5.42. The maximum atomic E-state index is 11.6. The van der Waals surface area contributed by atoms with Crippen molar-refractivity contribution in [1.82, 2.24) is 0 Å². The van der Waals surface area contributed by atoms with Crippen LogP contribution in [0.2, 0.25) is 0 Å². The van der Waals surface area contributed by atoms with Gasteiger partial charge in [0.15, 0.2) is 0 Å². The molecule has 0 heterocycles. The monoisotopic (exact) mass is 300 g/mol. The van der Waals surface area contributed by atoms with Gasteiger partial charge in [-0.25, -0.2) is 4.79 Å². The minimum Gasteiger partial charge on any atom is -0.459 e. The Morgan fingerprint density at radius 3 is 2.35 bits per heavy atom. The molecule has 17 heavy (non-hydrogen) atoms. The standard InChI is InChI=1S/C12H19Cl3O2/c1-7(2)9-5-4-8(3)6-10(9)17-11(16)12(13,14)15/h7-10H,4-6H2,1-3H3. The van der Waals surface area contributed by atoms with Crippen LogP contribution in [-0.4, -0.2) is 15.9 Å². The molecule has 3 unspecified atom stereocenters. The molecule has 0 aliphatic heterocycles. The van der Waals surface area contributed by atoms with Gasteiger partial charge in [-0.3, -0.25) is 0 Å². The van der Waals surface area contributed by atoms with Crippen LogP contribution >= 0.6 is 34.8 Å². The molecule has 0 aromatic carbocycles. The van der Waals surface area contributed by atoms with Gasteiger partial charge in [0, 0.05) is 0 Å². The summed E-state index contributed by atoms with van der Waals surface area (Å²) in [7, 11) is 0. The summed E-state index contributed by atoms with van der Waals surface area (Å²) < 4.78 is 3.40. The highest BCUT2D eigenvalue weighted by Crippen LogP contribution is 2.37. The zero-order valence-corrected chi connectivity index (χ0v) is 12.6. The summed E-state index contributed by atoms with van der Waals surface area (Å²) in [6.45, 7) is 6.43. The molecule has 0 radical (unpaired) electrons. The van der Waals surface area contributed by atoms with E-state index < -0.39 is 9.76 Å². The lowest BCUT2D eigenvalue weighted by atomic mass is 9.75. The second-order valence-corrected chi connectivity index (χ2v) is 7.55. The smallest absolute Gasteiger partial charge is 0.358 e. The van der Waals surface area contributed by atoms with Crippen molar-refractivity contribution >= 4 is 40.8 Å². The van der Waals surface area contributed by atoms with E-state index in [0.717, 1.165) is 12.8 Å². The van der Waals surface area contributed by atoms with Crippen LogP contribution in [0.4, 0.5) is 0 Å². The quantitative estimate of drug-likeness (QED) is 0.559. The Hall–Kier alpha value is 0.340. The van der Waals surface area contributed by atoms with Gasteiger partial charge in [-0.2, -0.15) is 0 Å². The second kappa shape index (κ2) is 5.99. The molecular weight excluding hydrogens is 282 g/mol. The predicted molar refractivity (Wildman–Crippen MR) is 71.5 cm³/mol. The van der Waals surface area contributed by atoms with Crippen molar-refractivity contribution in [3.8, 4) is 0 Å². The van der Waals surface area contributed by atoms with Gasteiger partial charge >= 0.3 is 5.97 Å². The number of alkyl halides is 3. The zero-order chi connectivity index (χ0) is 13.2. The van der Waals surface area contributed by atoms with E-state index in [9.17, 15) is 4.79 Å². The Bertz CT molecular complexity index is 273. The van der Waals surface area contributed by atoms with Gasteiger partial charge in [-0.1, -0.05) is 62.0 Å². The number of esters is 1. The van der Waals surface area contributed by atoms with Crippen molar-refractivity contribution in [3.63, 3.8) is 0 Å². The summed E-state index contributed by atoms with van der Waals surface area (Å²) in [6, 6.07) is 0. The molecule has 0 amide bonds. The van der Waals surface area contributed by atoms with Crippen molar-refractivity contribution < 1.29 is 9.53 Å². The largest absolute Gasteiger partial charge is 0.459 e. The SMILES string of the molecule is CC1CCC(C(C)C)C(OC(=O)C(Cl)(Cl)Cl)C1. The van der Waals surface area contributed by atoms with E-state index in [1.165, 1.54) is 6.42 Å². The van der Waals surface area contributed by atoms with Crippen LogP contribution in [0.1, 0.15) is 40.0 Å². The number of hydrogen-bond acceptors (Lipinski definition) is 2. The van der Waals surface area contributed by atoms with E-state index in [2.05, 4.69) is 20.8 Å². The van der Waals surface area contributed by atoms with Crippen LogP contribution < -0.4 is 0 Å². The first-order valence-electron chi connectivity index (χ1n) is 5.99. The van der Waals surface area contributed by atoms with E-state index in [4.69, 9.17) is 39.5 Å². The molecule has 0 aromatic rings. The van der Waals surface area contributed by atoms with Crippen LogP contribution in [0, 0.1) is 17.8 Å². The molecule has 100 valence electrons. The summed E-state index contributed by atoms with van der Waals surface area (Å²) in [5, 5.41) is 0. The van der Waals surface area contributed by atoms with E-state index in [1.807, 2.05) is 0 Å². The van der Waals surface area contributed by atoms with Gasteiger partial charge in [-0.05, 0) is 30.6 Å². The van der Waals surface area contributed by atoms with Gasteiger partial charge in [0.1, 0.15) is 6.10 Å². The first-order valence-corrected chi connectivity index (χ1v) is 7.13. The van der Waals surface area contributed by atoms with Crippen molar-refractivity contribution in [2.75, 3.05) is 0 Å². The van der Waals surface area contributed by atoms with Crippen LogP contribution in [-0.2, 0) is 9.53 Å². The maximum absolute atomic E-state index is 11.6. The Balaban J connectivity index is 2.67. The Labute approximate surface area is 118 Å². The number of ether oxygens (including phenoxy) is 1. The van der Waals surface area contributed by atoms with E-state index in [0.29, 0.717) is 17.8 Å². The van der Waals surface area contributed by atoms with Crippen molar-refractivity contribution in [1.29, 1.82) is 0 Å². The van der Waals surface area contributed by atoms with Crippen LogP contribution in [0.25, 0.3) is 0 Å². The molecule has 1 rings (SSSR count). The lowest BCUT2D eigenvalue weighted by Crippen LogP contribution is -2.38. The van der Waals surface area contributed by atoms with Crippen molar-refractivity contribution in [3.05, 3.63) is 0 Å². The molecule has 1 aliphatic carbocycles. The molecule has 0 saturated heterocycles. The number of carbonyl (C=O) groups excluding carboxylic acids is 1. The van der Waals surface area contributed by atoms with E-state index in [1.54, 1.807) is 0 Å². The third-order valence-electron chi connectivity index (χ3n) is 3.45. The highest BCUT2D eigenvalue weighted by Gasteiger charge is 2.39. The van der Waals surface area contributed by atoms with Crippen molar-refractivity contribution in [2.24, 2.45) is 17.8 Å². The third kappa shape index (κ3) is 4.50. The first-order chi connectivity index (χ1) is 7.71. The summed E-state index contributed by atoms with van der Waals surface area (Å²) >= 11 is 16.6. The topological polar surface area (TPSA) is 26.3 Å². The lowest BCUT2D eigenvalue weighted by molar-refractivity contribution is -0.154. The molecule has 5 heteroatoms. The van der Waals surface area contributed by atoms with Crippen LogP contribution in [0.3, 0.4) is 0 Å². The molecule has 1 saturated carbocycles. The fraction of sp³-hybridized carbons (Fsp3) is 0.917. The molecule has 1 aliphatic rings. The van der Waals surface area contributed by atoms with Gasteiger partial charge < -0.3 is 4.74 Å². The lowest BCUT2D eigenvalue weighted by Gasteiger charge is -2.37. The van der Waals surface area contributed by atoms with Crippen molar-refractivity contribution in [2.45, 2.75) is 49.9 Å². The fourth-order valence-corrected chi connectivity index (χ4v) is 2.59. The molecule has 0 bridgehead atoms. The highest BCUT2D eigenvalue weighted by molar-refractivity contribution is 6.75. The van der Waals surface area contributed by atoms with Gasteiger partial charge in [0.05, 0.1) is 0 Å². The molecule has 0 N–H and O–H groups in total. The summed E-state index contributed by atoms with van der Waals surface area (Å²) in [4.78, 5) is 11.6.